The summed E-state index contributed by atoms with van der Waals surface area (Å²) >= 11 is 1.55. The van der Waals surface area contributed by atoms with Gasteiger partial charge in [-0.25, -0.2) is 4.79 Å². The van der Waals surface area contributed by atoms with E-state index in [0.717, 1.165) is 0 Å². The third kappa shape index (κ3) is 8.79. The first kappa shape index (κ1) is 28.6. The van der Waals surface area contributed by atoms with E-state index in [-0.39, 0.29) is 18.3 Å². The van der Waals surface area contributed by atoms with Gasteiger partial charge in [-0.15, -0.1) is 0 Å². The van der Waals surface area contributed by atoms with Gasteiger partial charge in [0.25, 0.3) is 0 Å². The molecule has 0 fully saturated rings. The van der Waals surface area contributed by atoms with E-state index in [9.17, 15) is 19.5 Å². The highest BCUT2D eigenvalue weighted by Gasteiger charge is 2.36. The number of phenols is 1. The maximum absolute atomic E-state index is 13.7. The second-order valence-electron chi connectivity index (χ2n) is 9.18. The number of carbonyl (C=O) groups is 3. The molecule has 1 aromatic rings. The van der Waals surface area contributed by atoms with Crippen molar-refractivity contribution in [1.29, 1.82) is 0 Å². The van der Waals surface area contributed by atoms with Gasteiger partial charge >= 0.3 is 6.09 Å². The highest BCUT2D eigenvalue weighted by atomic mass is 32.2. The van der Waals surface area contributed by atoms with Crippen LogP contribution in [0.2, 0.25) is 0 Å². The van der Waals surface area contributed by atoms with Crippen LogP contribution in [0.1, 0.15) is 65.1 Å². The molecule has 0 aromatic heterocycles. The number of para-hydroxylation sites is 1. The molecule has 8 nitrogen and oxygen atoms in total. The summed E-state index contributed by atoms with van der Waals surface area (Å²) in [5.74, 6) is -0.222. The van der Waals surface area contributed by atoms with E-state index in [1.54, 1.807) is 64.6 Å². The van der Waals surface area contributed by atoms with Gasteiger partial charge in [-0.1, -0.05) is 18.2 Å². The summed E-state index contributed by atoms with van der Waals surface area (Å²) in [4.78, 5) is 40.7. The molecule has 0 saturated heterocycles. The first-order valence-electron chi connectivity index (χ1n) is 11.2. The third-order valence-electron chi connectivity index (χ3n) is 4.78. The quantitative estimate of drug-likeness (QED) is 0.470. The lowest BCUT2D eigenvalue weighted by molar-refractivity contribution is -0.142. The number of hydrogen-bond donors (Lipinski definition) is 3. The Hall–Kier alpha value is -2.42. The van der Waals surface area contributed by atoms with E-state index in [1.807, 2.05) is 20.1 Å². The minimum absolute atomic E-state index is 0.0339. The first-order chi connectivity index (χ1) is 15.3. The van der Waals surface area contributed by atoms with Crippen LogP contribution >= 0.6 is 11.8 Å². The van der Waals surface area contributed by atoms with Crippen molar-refractivity contribution in [2.45, 2.75) is 78.6 Å². The Morgan fingerprint density at radius 3 is 2.33 bits per heavy atom. The highest BCUT2D eigenvalue weighted by molar-refractivity contribution is 7.98. The smallest absolute Gasteiger partial charge is 0.408 e. The zero-order valence-corrected chi connectivity index (χ0v) is 21.8. The molecule has 0 aliphatic heterocycles. The first-order valence-corrected chi connectivity index (χ1v) is 12.6. The van der Waals surface area contributed by atoms with Gasteiger partial charge in [0.2, 0.25) is 11.8 Å². The molecule has 0 bridgehead atoms. The van der Waals surface area contributed by atoms with Gasteiger partial charge in [-0.3, -0.25) is 9.59 Å². The number of alkyl carbamates (subject to hydrolysis) is 1. The minimum Gasteiger partial charge on any atom is -0.507 e. The highest BCUT2D eigenvalue weighted by Crippen LogP contribution is 2.32. The van der Waals surface area contributed by atoms with Gasteiger partial charge in [0.15, 0.2) is 0 Å². The number of phenolic OH excluding ortho intramolecular Hbond substituents is 1. The number of ether oxygens (including phenoxy) is 1. The number of nitrogens with one attached hydrogen (secondary N) is 2. The maximum Gasteiger partial charge on any atom is 0.408 e. The van der Waals surface area contributed by atoms with Gasteiger partial charge in [0.05, 0.1) is 0 Å². The van der Waals surface area contributed by atoms with Gasteiger partial charge < -0.3 is 25.4 Å². The van der Waals surface area contributed by atoms with Crippen molar-refractivity contribution in [3.8, 4) is 5.75 Å². The Kier molecular flexibility index (Phi) is 11.0. The van der Waals surface area contributed by atoms with Crippen LogP contribution in [0.15, 0.2) is 18.2 Å². The van der Waals surface area contributed by atoms with Gasteiger partial charge in [0, 0.05) is 18.2 Å². The molecule has 2 unspecified atom stereocenters. The summed E-state index contributed by atoms with van der Waals surface area (Å²) in [5, 5.41) is 16.2. The molecule has 3 amide bonds. The number of amides is 3. The lowest BCUT2D eigenvalue weighted by Crippen LogP contribution is -2.53. The number of hydrogen-bond acceptors (Lipinski definition) is 6. The molecule has 9 heteroatoms. The van der Waals surface area contributed by atoms with Crippen molar-refractivity contribution < 1.29 is 24.2 Å². The summed E-state index contributed by atoms with van der Waals surface area (Å²) in [6.45, 7) is 12.6. The molecule has 186 valence electrons. The Labute approximate surface area is 201 Å². The van der Waals surface area contributed by atoms with Crippen molar-refractivity contribution >= 4 is 29.7 Å². The fourth-order valence-electron chi connectivity index (χ4n) is 3.33. The fraction of sp³-hybridized carbons (Fsp3) is 0.625. The monoisotopic (exact) mass is 481 g/mol. The predicted octanol–water partition coefficient (Wildman–Crippen LogP) is 3.76. The fourth-order valence-corrected chi connectivity index (χ4v) is 3.80. The van der Waals surface area contributed by atoms with Crippen LogP contribution in [0.5, 0.6) is 5.75 Å². The van der Waals surface area contributed by atoms with Crippen LogP contribution in [-0.2, 0) is 14.3 Å². The Morgan fingerprint density at radius 2 is 1.82 bits per heavy atom. The molecular formula is C24H39N3O5S. The SMILES string of the molecule is CCN(C(=O)C(CCSC)NC(=O)OC(C)(C)C)C(C(=O)NC(C)C)c1cccc(C)c1O. The maximum atomic E-state index is 13.7. The molecule has 0 heterocycles. The Morgan fingerprint density at radius 1 is 1.18 bits per heavy atom. The lowest BCUT2D eigenvalue weighted by Gasteiger charge is -2.34. The number of aromatic hydroxyl groups is 1. The van der Waals surface area contributed by atoms with Crippen LogP contribution in [-0.4, -0.2) is 64.2 Å². The minimum atomic E-state index is -1.05. The zero-order valence-electron chi connectivity index (χ0n) is 21.0. The second kappa shape index (κ2) is 12.7. The number of rotatable bonds is 10. The van der Waals surface area contributed by atoms with Crippen molar-refractivity contribution in [3.63, 3.8) is 0 Å². The molecule has 0 radical (unpaired) electrons. The standard InChI is InChI=1S/C24H39N3O5S/c1-9-27(22(30)18(13-14-33-8)26-23(31)32-24(5,6)7)19(21(29)25-15(2)3)17-12-10-11-16(4)20(17)28/h10-12,15,18-19,28H,9,13-14H2,1-8H3,(H,25,29)(H,26,31). The number of nitrogens with zero attached hydrogens (tertiary/aromatic N) is 1. The normalized spacial score (nSPS) is 13.2. The number of aryl methyl sites for hydroxylation is 1. The Balaban J connectivity index is 3.39. The summed E-state index contributed by atoms with van der Waals surface area (Å²) in [5.41, 5.74) is 0.225. The zero-order chi connectivity index (χ0) is 25.3. The summed E-state index contributed by atoms with van der Waals surface area (Å²) < 4.78 is 5.34. The number of thioether (sulfide) groups is 1. The summed E-state index contributed by atoms with van der Waals surface area (Å²) in [6.07, 6.45) is 1.59. The molecule has 0 aliphatic carbocycles. The van der Waals surface area contributed by atoms with E-state index >= 15 is 0 Å². The van der Waals surface area contributed by atoms with Crippen molar-refractivity contribution in [2.75, 3.05) is 18.6 Å². The van der Waals surface area contributed by atoms with Crippen LogP contribution in [0.4, 0.5) is 4.79 Å². The van der Waals surface area contributed by atoms with Crippen LogP contribution in [0.3, 0.4) is 0 Å². The molecule has 0 saturated carbocycles. The average Bonchev–Trinajstić information content (AvgIpc) is 2.69. The van der Waals surface area contributed by atoms with Crippen LogP contribution in [0, 0.1) is 6.92 Å². The number of benzene rings is 1. The van der Waals surface area contributed by atoms with Crippen LogP contribution < -0.4 is 10.6 Å². The van der Waals surface area contributed by atoms with Gasteiger partial charge in [-0.05, 0) is 72.5 Å². The molecule has 33 heavy (non-hydrogen) atoms. The summed E-state index contributed by atoms with van der Waals surface area (Å²) in [7, 11) is 0. The average molecular weight is 482 g/mol. The predicted molar refractivity (Wildman–Crippen MR) is 132 cm³/mol. The van der Waals surface area contributed by atoms with E-state index in [4.69, 9.17) is 4.74 Å². The van der Waals surface area contributed by atoms with Gasteiger partial charge in [-0.2, -0.15) is 11.8 Å². The third-order valence-corrected chi connectivity index (χ3v) is 5.42. The van der Waals surface area contributed by atoms with E-state index in [0.29, 0.717) is 23.3 Å². The molecule has 2 atom stereocenters. The molecule has 0 aliphatic rings. The Bertz CT molecular complexity index is 823. The van der Waals surface area contributed by atoms with Crippen molar-refractivity contribution in [1.82, 2.24) is 15.5 Å². The lowest BCUT2D eigenvalue weighted by atomic mass is 9.99. The molecular weight excluding hydrogens is 442 g/mol. The second-order valence-corrected chi connectivity index (χ2v) is 10.2. The van der Waals surface area contributed by atoms with Crippen LogP contribution in [0.25, 0.3) is 0 Å². The molecule has 1 aromatic carbocycles. The largest absolute Gasteiger partial charge is 0.507 e. The number of carbonyl (C=O) groups excluding carboxylic acids is 3. The van der Waals surface area contributed by atoms with E-state index in [1.165, 1.54) is 4.90 Å². The molecule has 0 spiro atoms. The summed E-state index contributed by atoms with van der Waals surface area (Å²) in [6, 6.07) is 3.02. The van der Waals surface area contributed by atoms with Crippen molar-refractivity contribution in [3.05, 3.63) is 29.3 Å². The van der Waals surface area contributed by atoms with E-state index < -0.39 is 35.6 Å². The molecule has 1 rings (SSSR count). The van der Waals surface area contributed by atoms with Crippen molar-refractivity contribution in [2.24, 2.45) is 0 Å². The topological polar surface area (TPSA) is 108 Å². The van der Waals surface area contributed by atoms with Gasteiger partial charge in [0.1, 0.15) is 23.4 Å². The van der Waals surface area contributed by atoms with E-state index in [2.05, 4.69) is 10.6 Å². The molecule has 3 N–H and O–H groups in total. The number of likely N-dealkylation sites (N-methyl/N-ethyl adjacent to an activating group) is 1.